The molecule has 1 aromatic carbocycles. The van der Waals surface area contributed by atoms with Crippen LogP contribution in [0.4, 0.5) is 5.95 Å². The zero-order valence-electron chi connectivity index (χ0n) is 11.4. The summed E-state index contributed by atoms with van der Waals surface area (Å²) in [5.74, 6) is -0.0410. The highest BCUT2D eigenvalue weighted by Crippen LogP contribution is 2.23. The maximum Gasteiger partial charge on any atom is 0.250 e. The number of hydrogen-bond acceptors (Lipinski definition) is 4. The fourth-order valence-electron chi connectivity index (χ4n) is 1.78. The number of anilines is 1. The monoisotopic (exact) mass is 352 g/mol. The standard InChI is InChI=1S/C14H10Cl2N4OS/c1-8-7-22-14-18-13(19-20(8)14)17-12(21)5-3-9-2-4-10(15)11(16)6-9/h2-7H,1H3,(H,17,19,21)/b5-3+. The van der Waals surface area contributed by atoms with Gasteiger partial charge in [-0.1, -0.05) is 29.3 Å². The molecule has 0 unspecified atom stereocenters. The topological polar surface area (TPSA) is 59.3 Å². The second-order valence-electron chi connectivity index (χ2n) is 4.50. The van der Waals surface area contributed by atoms with Gasteiger partial charge in [0.2, 0.25) is 4.96 Å². The van der Waals surface area contributed by atoms with Crippen molar-refractivity contribution in [3.05, 3.63) is 51.0 Å². The zero-order valence-corrected chi connectivity index (χ0v) is 13.7. The number of aryl methyl sites for hydroxylation is 1. The minimum Gasteiger partial charge on any atom is -0.290 e. The fourth-order valence-corrected chi connectivity index (χ4v) is 2.89. The number of nitrogens with one attached hydrogen (secondary N) is 1. The summed E-state index contributed by atoms with van der Waals surface area (Å²) in [7, 11) is 0. The molecule has 0 bridgehead atoms. The van der Waals surface area contributed by atoms with Crippen molar-refractivity contribution >= 4 is 57.4 Å². The molecule has 2 aromatic heterocycles. The summed E-state index contributed by atoms with van der Waals surface area (Å²) < 4.78 is 1.68. The molecule has 0 spiro atoms. The second-order valence-corrected chi connectivity index (χ2v) is 6.15. The van der Waals surface area contributed by atoms with Crippen molar-refractivity contribution < 1.29 is 4.79 Å². The largest absolute Gasteiger partial charge is 0.290 e. The lowest BCUT2D eigenvalue weighted by Crippen LogP contribution is -2.09. The molecule has 0 aliphatic rings. The number of nitrogens with zero attached hydrogens (tertiary/aromatic N) is 3. The van der Waals surface area contributed by atoms with Gasteiger partial charge in [0.25, 0.3) is 11.9 Å². The van der Waals surface area contributed by atoms with E-state index >= 15 is 0 Å². The van der Waals surface area contributed by atoms with Crippen molar-refractivity contribution in [1.82, 2.24) is 14.6 Å². The molecule has 112 valence electrons. The highest BCUT2D eigenvalue weighted by atomic mass is 35.5. The lowest BCUT2D eigenvalue weighted by Gasteiger charge is -1.98. The predicted molar refractivity (Wildman–Crippen MR) is 89.7 cm³/mol. The Morgan fingerprint density at radius 3 is 2.91 bits per heavy atom. The number of halogens is 2. The molecular weight excluding hydrogens is 343 g/mol. The molecule has 0 saturated carbocycles. The van der Waals surface area contributed by atoms with Gasteiger partial charge >= 0.3 is 0 Å². The van der Waals surface area contributed by atoms with Crippen molar-refractivity contribution in [1.29, 1.82) is 0 Å². The molecule has 2 heterocycles. The van der Waals surface area contributed by atoms with Crippen molar-refractivity contribution in [2.24, 2.45) is 0 Å². The average Bonchev–Trinajstić information content (AvgIpc) is 3.02. The first-order valence-corrected chi connectivity index (χ1v) is 7.91. The van der Waals surface area contributed by atoms with E-state index in [2.05, 4.69) is 15.4 Å². The summed E-state index contributed by atoms with van der Waals surface area (Å²) >= 11 is 13.2. The van der Waals surface area contributed by atoms with Gasteiger partial charge in [0.15, 0.2) is 0 Å². The molecule has 8 heteroatoms. The molecule has 0 saturated heterocycles. The van der Waals surface area contributed by atoms with Gasteiger partial charge in [-0.25, -0.2) is 4.52 Å². The third-order valence-electron chi connectivity index (χ3n) is 2.85. The number of carbonyl (C=O) groups is 1. The summed E-state index contributed by atoms with van der Waals surface area (Å²) in [6, 6.07) is 5.13. The number of thiazole rings is 1. The summed E-state index contributed by atoms with van der Waals surface area (Å²) in [5, 5.41) is 9.69. The third kappa shape index (κ3) is 3.14. The molecule has 22 heavy (non-hydrogen) atoms. The molecule has 0 atom stereocenters. The molecule has 5 nitrogen and oxygen atoms in total. The highest BCUT2D eigenvalue weighted by Gasteiger charge is 2.08. The van der Waals surface area contributed by atoms with Gasteiger partial charge in [0, 0.05) is 11.5 Å². The number of hydrogen-bond donors (Lipinski definition) is 1. The van der Waals surface area contributed by atoms with Crippen molar-refractivity contribution in [3.8, 4) is 0 Å². The Morgan fingerprint density at radius 2 is 2.18 bits per heavy atom. The summed E-state index contributed by atoms with van der Waals surface area (Å²) in [4.78, 5) is 16.8. The molecular formula is C14H10Cl2N4OS. The van der Waals surface area contributed by atoms with Gasteiger partial charge in [-0.3, -0.25) is 10.1 Å². The van der Waals surface area contributed by atoms with Crippen molar-refractivity contribution in [3.63, 3.8) is 0 Å². The van der Waals surface area contributed by atoms with Crippen molar-refractivity contribution in [2.45, 2.75) is 6.92 Å². The van der Waals surface area contributed by atoms with Gasteiger partial charge in [0.1, 0.15) is 0 Å². The van der Waals surface area contributed by atoms with Crippen LogP contribution in [0.5, 0.6) is 0 Å². The van der Waals surface area contributed by atoms with Gasteiger partial charge in [-0.05, 0) is 30.7 Å². The number of amides is 1. The quantitative estimate of drug-likeness (QED) is 0.723. The predicted octanol–water partition coefficient (Wildman–Crippen LogP) is 4.06. The van der Waals surface area contributed by atoms with E-state index in [1.54, 1.807) is 28.8 Å². The minimum atomic E-state index is -0.318. The Bertz CT molecular complexity index is 884. The van der Waals surface area contributed by atoms with E-state index in [9.17, 15) is 4.79 Å². The van der Waals surface area contributed by atoms with Crippen LogP contribution in [0.1, 0.15) is 11.3 Å². The average molecular weight is 353 g/mol. The van der Waals surface area contributed by atoms with E-state index in [0.717, 1.165) is 16.2 Å². The van der Waals surface area contributed by atoms with Gasteiger partial charge in [-0.2, -0.15) is 4.98 Å². The number of fused-ring (bicyclic) bond motifs is 1. The van der Waals surface area contributed by atoms with Crippen LogP contribution in [0.25, 0.3) is 11.0 Å². The molecule has 0 radical (unpaired) electrons. The lowest BCUT2D eigenvalue weighted by atomic mass is 10.2. The molecule has 1 amide bonds. The summed E-state index contributed by atoms with van der Waals surface area (Å²) in [6.45, 7) is 1.92. The Balaban J connectivity index is 1.71. The van der Waals surface area contributed by atoms with Crippen LogP contribution in [-0.4, -0.2) is 20.5 Å². The van der Waals surface area contributed by atoms with Gasteiger partial charge in [0.05, 0.1) is 15.7 Å². The number of rotatable bonds is 3. The fraction of sp³-hybridized carbons (Fsp3) is 0.0714. The molecule has 0 fully saturated rings. The van der Waals surface area contributed by atoms with E-state index in [1.807, 2.05) is 12.3 Å². The summed E-state index contributed by atoms with van der Waals surface area (Å²) in [5.41, 5.74) is 1.75. The number of aromatic nitrogens is 3. The normalized spacial score (nSPS) is 11.4. The highest BCUT2D eigenvalue weighted by molar-refractivity contribution is 7.15. The van der Waals surface area contributed by atoms with E-state index < -0.39 is 0 Å². The first-order valence-electron chi connectivity index (χ1n) is 6.28. The first kappa shape index (κ1) is 15.0. The van der Waals surface area contributed by atoms with E-state index in [4.69, 9.17) is 23.2 Å². The van der Waals surface area contributed by atoms with Crippen LogP contribution in [0, 0.1) is 6.92 Å². The smallest absolute Gasteiger partial charge is 0.250 e. The Morgan fingerprint density at radius 1 is 1.36 bits per heavy atom. The Kier molecular flexibility index (Phi) is 4.15. The SMILES string of the molecule is Cc1csc2nc(NC(=O)/C=C/c3ccc(Cl)c(Cl)c3)nn12. The van der Waals surface area contributed by atoms with E-state index in [-0.39, 0.29) is 11.9 Å². The third-order valence-corrected chi connectivity index (χ3v) is 4.53. The molecule has 3 rings (SSSR count). The van der Waals surface area contributed by atoms with Crippen LogP contribution >= 0.6 is 34.5 Å². The first-order chi connectivity index (χ1) is 10.5. The maximum atomic E-state index is 11.9. The molecule has 1 N–H and O–H groups in total. The zero-order chi connectivity index (χ0) is 15.7. The van der Waals surface area contributed by atoms with Crippen LogP contribution in [0.15, 0.2) is 29.7 Å². The number of benzene rings is 1. The molecule has 0 aliphatic heterocycles. The lowest BCUT2D eigenvalue weighted by molar-refractivity contribution is -0.111. The van der Waals surface area contributed by atoms with Crippen LogP contribution < -0.4 is 5.32 Å². The van der Waals surface area contributed by atoms with Gasteiger partial charge in [-0.15, -0.1) is 16.4 Å². The maximum absolute atomic E-state index is 11.9. The second kappa shape index (κ2) is 6.08. The van der Waals surface area contributed by atoms with Gasteiger partial charge < -0.3 is 0 Å². The minimum absolute atomic E-state index is 0.277. The molecule has 0 aliphatic carbocycles. The Hall–Kier alpha value is -1.89. The van der Waals surface area contributed by atoms with Crippen LogP contribution in [0.3, 0.4) is 0 Å². The van der Waals surface area contributed by atoms with E-state index in [0.29, 0.717) is 10.0 Å². The summed E-state index contributed by atoms with van der Waals surface area (Å²) in [6.07, 6.45) is 3.03. The Labute approximate surface area is 140 Å². The molecule has 3 aromatic rings. The van der Waals surface area contributed by atoms with Crippen molar-refractivity contribution in [2.75, 3.05) is 5.32 Å². The van der Waals surface area contributed by atoms with Crippen LogP contribution in [0.2, 0.25) is 10.0 Å². The van der Waals surface area contributed by atoms with Crippen LogP contribution in [-0.2, 0) is 4.79 Å². The number of carbonyl (C=O) groups excluding carboxylic acids is 1. The van der Waals surface area contributed by atoms with E-state index in [1.165, 1.54) is 17.4 Å².